The summed E-state index contributed by atoms with van der Waals surface area (Å²) >= 11 is 1.73. The van der Waals surface area contributed by atoms with Gasteiger partial charge in [0.25, 0.3) is 0 Å². The van der Waals surface area contributed by atoms with Crippen molar-refractivity contribution < 1.29 is 24.1 Å². The van der Waals surface area contributed by atoms with Crippen LogP contribution in [0.4, 0.5) is 0 Å². The van der Waals surface area contributed by atoms with Gasteiger partial charge in [0.1, 0.15) is 24.7 Å². The highest BCUT2D eigenvalue weighted by atomic mass is 32.1. The van der Waals surface area contributed by atoms with Gasteiger partial charge in [0.2, 0.25) is 0 Å². The monoisotopic (exact) mass is 514 g/mol. The van der Waals surface area contributed by atoms with Crippen LogP contribution in [0.25, 0.3) is 21.2 Å². The zero-order chi connectivity index (χ0) is 26.2. The average Bonchev–Trinajstić information content (AvgIpc) is 3.31. The van der Waals surface area contributed by atoms with Crippen LogP contribution in [0.2, 0.25) is 0 Å². The first-order chi connectivity index (χ1) is 18.0. The van der Waals surface area contributed by atoms with Gasteiger partial charge in [-0.25, -0.2) is 0 Å². The van der Waals surface area contributed by atoms with E-state index in [2.05, 4.69) is 48.4 Å². The zero-order valence-electron chi connectivity index (χ0n) is 21.2. The summed E-state index contributed by atoms with van der Waals surface area (Å²) in [7, 11) is 1.67. The number of thiophene rings is 1. The molecule has 0 aliphatic carbocycles. The average molecular weight is 515 g/mol. The van der Waals surface area contributed by atoms with Crippen molar-refractivity contribution in [1.29, 1.82) is 0 Å². The van der Waals surface area contributed by atoms with E-state index in [1.807, 2.05) is 36.4 Å². The van der Waals surface area contributed by atoms with E-state index in [9.17, 15) is 4.79 Å². The third kappa shape index (κ3) is 6.51. The van der Waals surface area contributed by atoms with Gasteiger partial charge in [-0.05, 0) is 71.8 Å². The number of hydrogen-bond acceptors (Lipinski definition) is 5. The number of carboxylic acids is 1. The van der Waals surface area contributed by atoms with Gasteiger partial charge >= 0.3 is 5.97 Å². The molecule has 4 rings (SSSR count). The van der Waals surface area contributed by atoms with Gasteiger partial charge < -0.3 is 19.3 Å². The summed E-state index contributed by atoms with van der Waals surface area (Å²) in [6, 6.07) is 20.1. The molecular weight excluding hydrogens is 484 g/mol. The van der Waals surface area contributed by atoms with E-state index in [0.29, 0.717) is 19.8 Å². The predicted molar refractivity (Wildman–Crippen MR) is 149 cm³/mol. The molecular formula is C31H30O5S. The summed E-state index contributed by atoms with van der Waals surface area (Å²) in [6.07, 6.45) is -0.0221. The number of hydrogen-bond donors (Lipinski definition) is 1. The number of fused-ring (bicyclic) bond motifs is 1. The first kappa shape index (κ1) is 26.3. The zero-order valence-corrected chi connectivity index (χ0v) is 22.1. The second-order valence-electron chi connectivity index (χ2n) is 8.65. The minimum Gasteiger partial charge on any atom is -0.491 e. The Bertz CT molecular complexity index is 1430. The highest BCUT2D eigenvalue weighted by molar-refractivity contribution is 7.17. The van der Waals surface area contributed by atoms with Crippen LogP contribution in [0.1, 0.15) is 36.0 Å². The summed E-state index contributed by atoms with van der Waals surface area (Å²) in [5.74, 6) is 6.20. The van der Waals surface area contributed by atoms with Crippen molar-refractivity contribution in [2.24, 2.45) is 0 Å². The third-order valence-corrected chi connectivity index (χ3v) is 7.11. The maximum atomic E-state index is 11.2. The van der Waals surface area contributed by atoms with E-state index in [1.165, 1.54) is 15.6 Å². The highest BCUT2D eigenvalue weighted by Crippen LogP contribution is 2.38. The van der Waals surface area contributed by atoms with E-state index in [0.717, 1.165) is 33.8 Å². The molecule has 0 fully saturated rings. The normalized spacial score (nSPS) is 11.5. The molecule has 37 heavy (non-hydrogen) atoms. The smallest absolute Gasteiger partial charge is 0.304 e. The van der Waals surface area contributed by atoms with Gasteiger partial charge in [-0.2, -0.15) is 0 Å². The summed E-state index contributed by atoms with van der Waals surface area (Å²) < 4.78 is 18.3. The molecule has 0 aliphatic rings. The Morgan fingerprint density at radius 3 is 2.57 bits per heavy atom. The van der Waals surface area contributed by atoms with Crippen LogP contribution in [0.15, 0.2) is 66.0 Å². The molecule has 3 aromatic carbocycles. The summed E-state index contributed by atoms with van der Waals surface area (Å²) in [6.45, 7) is 5.30. The Balaban J connectivity index is 1.51. The molecule has 0 aliphatic heterocycles. The molecule has 0 saturated heterocycles. The van der Waals surface area contributed by atoms with Crippen LogP contribution in [-0.2, 0) is 16.1 Å². The molecule has 0 saturated carbocycles. The van der Waals surface area contributed by atoms with E-state index in [4.69, 9.17) is 19.3 Å². The number of ether oxygens (including phenoxy) is 3. The van der Waals surface area contributed by atoms with Gasteiger partial charge in [-0.3, -0.25) is 4.79 Å². The molecule has 0 bridgehead atoms. The lowest BCUT2D eigenvalue weighted by molar-refractivity contribution is -0.137. The molecule has 0 amide bonds. The fourth-order valence-electron chi connectivity index (χ4n) is 4.24. The van der Waals surface area contributed by atoms with Gasteiger partial charge in [-0.15, -0.1) is 17.3 Å². The maximum Gasteiger partial charge on any atom is 0.304 e. The van der Waals surface area contributed by atoms with Crippen molar-refractivity contribution in [2.75, 3.05) is 20.3 Å². The summed E-state index contributed by atoms with van der Waals surface area (Å²) in [5.41, 5.74) is 5.39. The van der Waals surface area contributed by atoms with Crippen molar-refractivity contribution in [3.05, 3.63) is 82.7 Å². The standard InChI is InChI=1S/C31H30O5S/c1-4-6-24(18-31(32)33)23-10-12-25(13-11-23)36-19-22-9-14-30-27(17-22)28(20-37-30)26-7-5-8-29(21(26)2)35-16-15-34-3/h5,7-14,17,20,24H,15-16,18-19H2,1-3H3,(H,32,33)/t24-/m0/s1. The lowest BCUT2D eigenvalue weighted by Gasteiger charge is -2.13. The first-order valence-corrected chi connectivity index (χ1v) is 13.0. The van der Waals surface area contributed by atoms with E-state index in [1.54, 1.807) is 25.4 Å². The number of aliphatic carboxylic acids is 1. The maximum absolute atomic E-state index is 11.2. The Morgan fingerprint density at radius 2 is 1.84 bits per heavy atom. The van der Waals surface area contributed by atoms with Gasteiger partial charge in [0, 0.05) is 22.8 Å². The van der Waals surface area contributed by atoms with Crippen molar-refractivity contribution >= 4 is 27.4 Å². The summed E-state index contributed by atoms with van der Waals surface area (Å²) in [5, 5.41) is 12.5. The largest absolute Gasteiger partial charge is 0.491 e. The third-order valence-electron chi connectivity index (χ3n) is 6.14. The SMILES string of the molecule is CC#C[C@@H](CC(=O)O)c1ccc(OCc2ccc3scc(-c4cccc(OCCOC)c4C)c3c2)cc1. The van der Waals surface area contributed by atoms with Crippen molar-refractivity contribution in [2.45, 2.75) is 32.8 Å². The van der Waals surface area contributed by atoms with Crippen molar-refractivity contribution in [3.8, 4) is 34.5 Å². The number of rotatable bonds is 11. The molecule has 1 N–H and O–H groups in total. The fourth-order valence-corrected chi connectivity index (χ4v) is 5.18. The molecule has 190 valence electrons. The molecule has 1 aromatic heterocycles. The van der Waals surface area contributed by atoms with Crippen LogP contribution < -0.4 is 9.47 Å². The second kappa shape index (κ2) is 12.4. The molecule has 4 aromatic rings. The molecule has 6 heteroatoms. The lowest BCUT2D eigenvalue weighted by atomic mass is 9.96. The number of carboxylic acid groups (broad SMARTS) is 1. The Labute approximate surface area is 221 Å². The van der Waals surface area contributed by atoms with E-state index in [-0.39, 0.29) is 12.3 Å². The minimum absolute atomic E-state index is 0.0221. The molecule has 1 atom stereocenters. The fraction of sp³-hybridized carbons (Fsp3) is 0.258. The van der Waals surface area contributed by atoms with Crippen LogP contribution in [-0.4, -0.2) is 31.4 Å². The van der Waals surface area contributed by atoms with Crippen LogP contribution in [0.3, 0.4) is 0 Å². The quantitative estimate of drug-likeness (QED) is 0.171. The number of benzene rings is 3. The van der Waals surface area contributed by atoms with E-state index >= 15 is 0 Å². The topological polar surface area (TPSA) is 65.0 Å². The van der Waals surface area contributed by atoms with Gasteiger partial charge in [-0.1, -0.05) is 36.3 Å². The Hall–Kier alpha value is -3.79. The van der Waals surface area contributed by atoms with Crippen molar-refractivity contribution in [1.82, 2.24) is 0 Å². The first-order valence-electron chi connectivity index (χ1n) is 12.1. The van der Waals surface area contributed by atoms with Crippen LogP contribution in [0, 0.1) is 18.8 Å². The van der Waals surface area contributed by atoms with E-state index < -0.39 is 5.97 Å². The summed E-state index contributed by atoms with van der Waals surface area (Å²) in [4.78, 5) is 11.2. The minimum atomic E-state index is -0.864. The highest BCUT2D eigenvalue weighted by Gasteiger charge is 2.14. The molecule has 0 radical (unpaired) electrons. The predicted octanol–water partition coefficient (Wildman–Crippen LogP) is 7.06. The number of carbonyl (C=O) groups is 1. The van der Waals surface area contributed by atoms with Crippen molar-refractivity contribution in [3.63, 3.8) is 0 Å². The van der Waals surface area contributed by atoms with Crippen LogP contribution in [0.5, 0.6) is 11.5 Å². The molecule has 0 spiro atoms. The number of methoxy groups -OCH3 is 1. The Morgan fingerprint density at radius 1 is 1.03 bits per heavy atom. The molecule has 5 nitrogen and oxygen atoms in total. The van der Waals surface area contributed by atoms with Gasteiger partial charge in [0.05, 0.1) is 18.9 Å². The second-order valence-corrected chi connectivity index (χ2v) is 9.56. The lowest BCUT2D eigenvalue weighted by Crippen LogP contribution is -2.05. The van der Waals surface area contributed by atoms with Crippen LogP contribution >= 0.6 is 11.3 Å². The Kier molecular flexibility index (Phi) is 8.84. The van der Waals surface area contributed by atoms with Gasteiger partial charge in [0.15, 0.2) is 0 Å². The molecule has 0 unspecified atom stereocenters. The molecule has 1 heterocycles.